The largest absolute Gasteiger partial charge is 0.486 e. The quantitative estimate of drug-likeness (QED) is 0.811. The van der Waals surface area contributed by atoms with Gasteiger partial charge in [-0.25, -0.2) is 0 Å². The molecule has 2 aromatic rings. The van der Waals surface area contributed by atoms with E-state index in [0.29, 0.717) is 35.3 Å². The number of halogens is 1. The number of ether oxygens (including phenoxy) is 2. The zero-order chi connectivity index (χ0) is 13.9. The summed E-state index contributed by atoms with van der Waals surface area (Å²) in [4.78, 5) is 12.3. The SMILES string of the molecule is O=C(Cc1ccccc1Cl)c1ccc2c(c1)OCCO2. The fraction of sp³-hybridized carbons (Fsp3) is 0.188. The van der Waals surface area contributed by atoms with Gasteiger partial charge in [0.2, 0.25) is 0 Å². The molecule has 1 aliphatic rings. The monoisotopic (exact) mass is 288 g/mol. The van der Waals surface area contributed by atoms with Gasteiger partial charge >= 0.3 is 0 Å². The molecule has 0 amide bonds. The van der Waals surface area contributed by atoms with Crippen LogP contribution in [0.1, 0.15) is 15.9 Å². The van der Waals surface area contributed by atoms with Gasteiger partial charge in [0.15, 0.2) is 17.3 Å². The maximum Gasteiger partial charge on any atom is 0.167 e. The molecule has 3 nitrogen and oxygen atoms in total. The summed E-state index contributed by atoms with van der Waals surface area (Å²) in [7, 11) is 0. The minimum Gasteiger partial charge on any atom is -0.486 e. The van der Waals surface area contributed by atoms with Crippen LogP contribution >= 0.6 is 11.6 Å². The number of Topliss-reactive ketones (excluding diaryl/α,β-unsaturated/α-hetero) is 1. The maximum absolute atomic E-state index is 12.3. The highest BCUT2D eigenvalue weighted by Gasteiger charge is 2.15. The molecular formula is C16H13ClO3. The Balaban J connectivity index is 1.82. The van der Waals surface area contributed by atoms with Gasteiger partial charge in [0.1, 0.15) is 13.2 Å². The molecule has 0 aliphatic carbocycles. The van der Waals surface area contributed by atoms with Crippen molar-refractivity contribution in [2.45, 2.75) is 6.42 Å². The molecule has 102 valence electrons. The third-order valence-electron chi connectivity index (χ3n) is 3.17. The highest BCUT2D eigenvalue weighted by Crippen LogP contribution is 2.31. The first-order valence-corrected chi connectivity index (χ1v) is 6.78. The summed E-state index contributed by atoms with van der Waals surface area (Å²) in [5.74, 6) is 1.32. The maximum atomic E-state index is 12.3. The van der Waals surface area contributed by atoms with Crippen LogP contribution in [0.2, 0.25) is 5.02 Å². The number of carbonyl (C=O) groups excluding carboxylic acids is 1. The van der Waals surface area contributed by atoms with E-state index in [2.05, 4.69) is 0 Å². The van der Waals surface area contributed by atoms with E-state index in [9.17, 15) is 4.79 Å². The lowest BCUT2D eigenvalue weighted by Gasteiger charge is -2.18. The zero-order valence-electron chi connectivity index (χ0n) is 10.8. The standard InChI is InChI=1S/C16H13ClO3/c17-13-4-2-1-3-11(13)9-14(18)12-5-6-15-16(10-12)20-8-7-19-15/h1-6,10H,7-9H2. The average molecular weight is 289 g/mol. The number of fused-ring (bicyclic) bond motifs is 1. The molecule has 2 aromatic carbocycles. The predicted octanol–water partition coefficient (Wildman–Crippen LogP) is 3.54. The fourth-order valence-electron chi connectivity index (χ4n) is 2.13. The number of ketones is 1. The van der Waals surface area contributed by atoms with E-state index in [4.69, 9.17) is 21.1 Å². The van der Waals surface area contributed by atoms with Gasteiger partial charge in [-0.3, -0.25) is 4.79 Å². The number of hydrogen-bond acceptors (Lipinski definition) is 3. The van der Waals surface area contributed by atoms with Crippen LogP contribution in [-0.4, -0.2) is 19.0 Å². The molecule has 0 fully saturated rings. The summed E-state index contributed by atoms with van der Waals surface area (Å²) in [6, 6.07) is 12.6. The zero-order valence-corrected chi connectivity index (χ0v) is 11.5. The summed E-state index contributed by atoms with van der Waals surface area (Å²) in [6.07, 6.45) is 0.277. The van der Waals surface area contributed by atoms with Crippen molar-refractivity contribution in [3.63, 3.8) is 0 Å². The van der Waals surface area contributed by atoms with Crippen LogP contribution in [-0.2, 0) is 6.42 Å². The minimum atomic E-state index is 0.00933. The lowest BCUT2D eigenvalue weighted by atomic mass is 10.0. The summed E-state index contributed by atoms with van der Waals surface area (Å²) < 4.78 is 10.9. The number of rotatable bonds is 3. The Morgan fingerprint density at radius 2 is 1.80 bits per heavy atom. The first-order chi connectivity index (χ1) is 9.74. The normalized spacial score (nSPS) is 13.1. The number of carbonyl (C=O) groups is 1. The highest BCUT2D eigenvalue weighted by atomic mass is 35.5. The van der Waals surface area contributed by atoms with E-state index in [1.54, 1.807) is 24.3 Å². The van der Waals surface area contributed by atoms with Gasteiger partial charge in [0.05, 0.1) is 0 Å². The minimum absolute atomic E-state index is 0.00933. The van der Waals surface area contributed by atoms with Gasteiger partial charge in [-0.1, -0.05) is 29.8 Å². The molecule has 0 atom stereocenters. The molecule has 0 N–H and O–H groups in total. The van der Waals surface area contributed by atoms with Gasteiger partial charge in [-0.15, -0.1) is 0 Å². The second-order valence-corrected chi connectivity index (χ2v) is 4.96. The molecule has 3 rings (SSSR count). The second-order valence-electron chi connectivity index (χ2n) is 4.55. The Kier molecular flexibility index (Phi) is 3.61. The average Bonchev–Trinajstić information content (AvgIpc) is 2.49. The van der Waals surface area contributed by atoms with Crippen molar-refractivity contribution in [3.8, 4) is 11.5 Å². The van der Waals surface area contributed by atoms with Crippen LogP contribution in [0, 0.1) is 0 Å². The van der Waals surface area contributed by atoms with Crippen LogP contribution in [0.25, 0.3) is 0 Å². The topological polar surface area (TPSA) is 35.5 Å². The van der Waals surface area contributed by atoms with E-state index in [-0.39, 0.29) is 12.2 Å². The molecule has 0 saturated carbocycles. The van der Waals surface area contributed by atoms with Gasteiger partial charge < -0.3 is 9.47 Å². The van der Waals surface area contributed by atoms with Crippen molar-refractivity contribution >= 4 is 17.4 Å². The number of hydrogen-bond donors (Lipinski definition) is 0. The van der Waals surface area contributed by atoms with Crippen molar-refractivity contribution in [1.82, 2.24) is 0 Å². The van der Waals surface area contributed by atoms with Crippen molar-refractivity contribution in [2.75, 3.05) is 13.2 Å². The second kappa shape index (κ2) is 5.55. The van der Waals surface area contributed by atoms with Gasteiger partial charge in [0, 0.05) is 17.0 Å². The van der Waals surface area contributed by atoms with E-state index >= 15 is 0 Å². The number of benzene rings is 2. The Labute approximate surface area is 122 Å². The fourth-order valence-corrected chi connectivity index (χ4v) is 2.34. The molecule has 0 aromatic heterocycles. The molecule has 1 heterocycles. The first-order valence-electron chi connectivity index (χ1n) is 6.40. The molecular weight excluding hydrogens is 276 g/mol. The van der Waals surface area contributed by atoms with Crippen LogP contribution in [0.3, 0.4) is 0 Å². The molecule has 20 heavy (non-hydrogen) atoms. The molecule has 0 bridgehead atoms. The van der Waals surface area contributed by atoms with Gasteiger partial charge in [0.25, 0.3) is 0 Å². The Hall–Kier alpha value is -2.00. The smallest absolute Gasteiger partial charge is 0.167 e. The van der Waals surface area contributed by atoms with Crippen molar-refractivity contribution < 1.29 is 14.3 Å². The van der Waals surface area contributed by atoms with Gasteiger partial charge in [-0.05, 0) is 29.8 Å². The Morgan fingerprint density at radius 3 is 2.60 bits per heavy atom. The Bertz CT molecular complexity index is 652. The van der Waals surface area contributed by atoms with Gasteiger partial charge in [-0.2, -0.15) is 0 Å². The molecule has 0 unspecified atom stereocenters. The third kappa shape index (κ3) is 2.63. The molecule has 1 aliphatic heterocycles. The van der Waals surface area contributed by atoms with Crippen LogP contribution < -0.4 is 9.47 Å². The van der Waals surface area contributed by atoms with E-state index in [0.717, 1.165) is 5.56 Å². The summed E-state index contributed by atoms with van der Waals surface area (Å²) in [5.41, 5.74) is 1.43. The predicted molar refractivity (Wildman–Crippen MR) is 76.9 cm³/mol. The molecule has 4 heteroatoms. The molecule has 0 saturated heterocycles. The lowest BCUT2D eigenvalue weighted by Crippen LogP contribution is -2.16. The van der Waals surface area contributed by atoms with Crippen LogP contribution in [0.5, 0.6) is 11.5 Å². The molecule has 0 spiro atoms. The highest BCUT2D eigenvalue weighted by molar-refractivity contribution is 6.31. The van der Waals surface area contributed by atoms with Crippen molar-refractivity contribution in [3.05, 3.63) is 58.6 Å². The van der Waals surface area contributed by atoms with Crippen molar-refractivity contribution in [1.29, 1.82) is 0 Å². The lowest BCUT2D eigenvalue weighted by molar-refractivity contribution is 0.0991. The van der Waals surface area contributed by atoms with Crippen LogP contribution in [0.4, 0.5) is 0 Å². The molecule has 0 radical (unpaired) electrons. The Morgan fingerprint density at radius 1 is 1.05 bits per heavy atom. The van der Waals surface area contributed by atoms with E-state index in [1.807, 2.05) is 18.2 Å². The third-order valence-corrected chi connectivity index (χ3v) is 3.54. The van der Waals surface area contributed by atoms with Crippen LogP contribution in [0.15, 0.2) is 42.5 Å². The summed E-state index contributed by atoms with van der Waals surface area (Å²) >= 11 is 6.07. The van der Waals surface area contributed by atoms with Crippen molar-refractivity contribution in [2.24, 2.45) is 0 Å². The summed E-state index contributed by atoms with van der Waals surface area (Å²) in [5, 5.41) is 0.610. The van der Waals surface area contributed by atoms with E-state index in [1.165, 1.54) is 0 Å². The first kappa shape index (κ1) is 13.0. The summed E-state index contributed by atoms with van der Waals surface area (Å²) in [6.45, 7) is 1.05. The van der Waals surface area contributed by atoms with E-state index < -0.39 is 0 Å².